The molecule has 1 fully saturated rings. The number of carbonyl (C=O) groups excluding carboxylic acids is 2. The topological polar surface area (TPSA) is 95.9 Å². The number of para-hydroxylation sites is 1. The summed E-state index contributed by atoms with van der Waals surface area (Å²) in [5.41, 5.74) is 0. The van der Waals surface area contributed by atoms with Gasteiger partial charge in [0.15, 0.2) is 0 Å². The van der Waals surface area contributed by atoms with E-state index in [0.29, 0.717) is 32.5 Å². The molecule has 1 aliphatic rings. The summed E-state index contributed by atoms with van der Waals surface area (Å²) >= 11 is 0. The van der Waals surface area contributed by atoms with Crippen molar-refractivity contribution in [1.82, 2.24) is 10.2 Å². The van der Waals surface area contributed by atoms with E-state index in [0.717, 1.165) is 18.6 Å². The van der Waals surface area contributed by atoms with Crippen LogP contribution in [0.4, 0.5) is 0 Å². The highest BCUT2D eigenvalue weighted by molar-refractivity contribution is 5.82. The number of nitrogens with one attached hydrogen (secondary N) is 1. The number of ether oxygens (including phenoxy) is 1. The van der Waals surface area contributed by atoms with Gasteiger partial charge < -0.3 is 20.1 Å². The van der Waals surface area contributed by atoms with E-state index in [-0.39, 0.29) is 30.7 Å². The molecule has 1 saturated heterocycles. The summed E-state index contributed by atoms with van der Waals surface area (Å²) in [6.07, 6.45) is 3.03. The summed E-state index contributed by atoms with van der Waals surface area (Å²) in [4.78, 5) is 37.8. The third kappa shape index (κ3) is 6.87. The van der Waals surface area contributed by atoms with Gasteiger partial charge in [-0.25, -0.2) is 0 Å². The fraction of sp³-hybridized carbons (Fsp3) is 0.571. The highest BCUT2D eigenvalue weighted by Crippen LogP contribution is 2.18. The minimum Gasteiger partial charge on any atom is -0.493 e. The molecular formula is C21H30N2O5. The van der Waals surface area contributed by atoms with E-state index in [1.807, 2.05) is 37.3 Å². The molecule has 154 valence electrons. The summed E-state index contributed by atoms with van der Waals surface area (Å²) in [6.45, 7) is 3.37. The average Bonchev–Trinajstić information content (AvgIpc) is 2.71. The van der Waals surface area contributed by atoms with E-state index >= 15 is 0 Å². The number of likely N-dealkylation sites (tertiary alicyclic amines) is 1. The minimum absolute atomic E-state index is 0.0252. The number of rotatable bonds is 10. The lowest BCUT2D eigenvalue weighted by atomic mass is 9.96. The monoisotopic (exact) mass is 390 g/mol. The Kier molecular flexibility index (Phi) is 8.78. The van der Waals surface area contributed by atoms with Gasteiger partial charge in [0.2, 0.25) is 11.8 Å². The van der Waals surface area contributed by atoms with Crippen LogP contribution in [-0.2, 0) is 14.4 Å². The molecule has 0 saturated carbocycles. The molecule has 1 aromatic rings. The molecule has 0 spiro atoms. The maximum atomic E-state index is 12.4. The van der Waals surface area contributed by atoms with Crippen LogP contribution in [0.5, 0.6) is 5.75 Å². The number of carbonyl (C=O) groups is 3. The Bertz CT molecular complexity index is 649. The van der Waals surface area contributed by atoms with Gasteiger partial charge in [-0.3, -0.25) is 14.4 Å². The Morgan fingerprint density at radius 1 is 1.29 bits per heavy atom. The molecule has 0 aromatic heterocycles. The minimum atomic E-state index is -0.888. The predicted molar refractivity (Wildman–Crippen MR) is 105 cm³/mol. The van der Waals surface area contributed by atoms with Gasteiger partial charge in [-0.05, 0) is 31.4 Å². The number of benzene rings is 1. The number of amides is 2. The SMILES string of the molecule is CCCC(CNC(=O)C1CCCN(C(=O)CCOc2ccccc2)C1)C(=O)O. The first-order chi connectivity index (χ1) is 13.5. The molecule has 28 heavy (non-hydrogen) atoms. The standard InChI is InChI=1S/C21H30N2O5/c1-2-7-16(21(26)27)14-22-20(25)17-8-6-12-23(15-17)19(24)11-13-28-18-9-4-3-5-10-18/h3-5,9-10,16-17H,2,6-8,11-15H2,1H3,(H,22,25)(H,26,27). The summed E-state index contributed by atoms with van der Waals surface area (Å²) in [5, 5.41) is 12.0. The average molecular weight is 390 g/mol. The predicted octanol–water partition coefficient (Wildman–Crippen LogP) is 2.31. The van der Waals surface area contributed by atoms with Crippen LogP contribution in [0.3, 0.4) is 0 Å². The molecule has 0 bridgehead atoms. The second kappa shape index (κ2) is 11.3. The molecule has 2 unspecified atom stereocenters. The van der Waals surface area contributed by atoms with Crippen LogP contribution in [0.25, 0.3) is 0 Å². The van der Waals surface area contributed by atoms with Gasteiger partial charge in [-0.15, -0.1) is 0 Å². The number of hydrogen-bond acceptors (Lipinski definition) is 4. The fourth-order valence-corrected chi connectivity index (χ4v) is 3.38. The maximum absolute atomic E-state index is 12.4. The number of carboxylic acids is 1. The summed E-state index contributed by atoms with van der Waals surface area (Å²) in [7, 11) is 0. The summed E-state index contributed by atoms with van der Waals surface area (Å²) in [5.74, 6) is -1.20. The Labute approximate surface area is 166 Å². The molecule has 2 atom stereocenters. The van der Waals surface area contributed by atoms with Gasteiger partial charge in [0.1, 0.15) is 5.75 Å². The Balaban J connectivity index is 1.76. The van der Waals surface area contributed by atoms with Crippen molar-refractivity contribution in [3.8, 4) is 5.75 Å². The van der Waals surface area contributed by atoms with Crippen LogP contribution < -0.4 is 10.1 Å². The van der Waals surface area contributed by atoms with Crippen molar-refractivity contribution in [3.63, 3.8) is 0 Å². The van der Waals surface area contributed by atoms with E-state index < -0.39 is 11.9 Å². The largest absolute Gasteiger partial charge is 0.493 e. The van der Waals surface area contributed by atoms with Gasteiger partial charge in [-0.1, -0.05) is 31.5 Å². The first kappa shape index (κ1) is 21.7. The van der Waals surface area contributed by atoms with Gasteiger partial charge in [0.25, 0.3) is 0 Å². The zero-order valence-corrected chi connectivity index (χ0v) is 16.4. The molecule has 1 aromatic carbocycles. The van der Waals surface area contributed by atoms with Crippen LogP contribution in [0.15, 0.2) is 30.3 Å². The second-order valence-corrected chi connectivity index (χ2v) is 7.16. The van der Waals surface area contributed by atoms with Crippen molar-refractivity contribution >= 4 is 17.8 Å². The maximum Gasteiger partial charge on any atom is 0.308 e. The van der Waals surface area contributed by atoms with E-state index in [9.17, 15) is 19.5 Å². The lowest BCUT2D eigenvalue weighted by Crippen LogP contribution is -2.46. The molecule has 2 rings (SSSR count). The third-order valence-corrected chi connectivity index (χ3v) is 4.98. The molecule has 2 amide bonds. The van der Waals surface area contributed by atoms with Gasteiger partial charge in [0.05, 0.1) is 24.9 Å². The molecule has 1 aliphatic heterocycles. The number of aliphatic carboxylic acids is 1. The van der Waals surface area contributed by atoms with Gasteiger partial charge >= 0.3 is 5.97 Å². The molecule has 7 nitrogen and oxygen atoms in total. The fourth-order valence-electron chi connectivity index (χ4n) is 3.38. The zero-order chi connectivity index (χ0) is 20.4. The first-order valence-electron chi connectivity index (χ1n) is 9.97. The third-order valence-electron chi connectivity index (χ3n) is 4.98. The number of nitrogens with zero attached hydrogens (tertiary/aromatic N) is 1. The lowest BCUT2D eigenvalue weighted by molar-refractivity contribution is -0.142. The summed E-state index contributed by atoms with van der Waals surface area (Å²) in [6, 6.07) is 9.34. The molecule has 2 N–H and O–H groups in total. The number of hydrogen-bond donors (Lipinski definition) is 2. The van der Waals surface area contributed by atoms with Crippen molar-refractivity contribution in [2.45, 2.75) is 39.0 Å². The van der Waals surface area contributed by atoms with E-state index in [1.54, 1.807) is 4.90 Å². The number of carboxylic acid groups (broad SMARTS) is 1. The van der Waals surface area contributed by atoms with Crippen LogP contribution in [0, 0.1) is 11.8 Å². The van der Waals surface area contributed by atoms with E-state index in [1.165, 1.54) is 0 Å². The van der Waals surface area contributed by atoms with Crippen molar-refractivity contribution in [1.29, 1.82) is 0 Å². The molecular weight excluding hydrogens is 360 g/mol. The molecule has 0 radical (unpaired) electrons. The molecule has 1 heterocycles. The molecule has 0 aliphatic carbocycles. The smallest absolute Gasteiger partial charge is 0.308 e. The van der Waals surface area contributed by atoms with E-state index in [2.05, 4.69) is 5.32 Å². The Hall–Kier alpha value is -2.57. The van der Waals surface area contributed by atoms with Crippen LogP contribution >= 0.6 is 0 Å². The quantitative estimate of drug-likeness (QED) is 0.639. The van der Waals surface area contributed by atoms with Crippen LogP contribution in [0.1, 0.15) is 39.0 Å². The highest BCUT2D eigenvalue weighted by atomic mass is 16.5. The van der Waals surface area contributed by atoms with E-state index in [4.69, 9.17) is 4.74 Å². The van der Waals surface area contributed by atoms with Crippen molar-refractivity contribution in [2.24, 2.45) is 11.8 Å². The van der Waals surface area contributed by atoms with Gasteiger partial charge in [-0.2, -0.15) is 0 Å². The lowest BCUT2D eigenvalue weighted by Gasteiger charge is -2.32. The van der Waals surface area contributed by atoms with Gasteiger partial charge in [0, 0.05) is 19.6 Å². The molecule has 7 heteroatoms. The number of piperidine rings is 1. The van der Waals surface area contributed by atoms with Crippen LogP contribution in [-0.4, -0.2) is 54.0 Å². The Morgan fingerprint density at radius 2 is 2.04 bits per heavy atom. The van der Waals surface area contributed by atoms with Crippen molar-refractivity contribution in [3.05, 3.63) is 30.3 Å². The Morgan fingerprint density at radius 3 is 2.71 bits per heavy atom. The normalized spacial score (nSPS) is 17.6. The van der Waals surface area contributed by atoms with Crippen molar-refractivity contribution < 1.29 is 24.2 Å². The summed E-state index contributed by atoms with van der Waals surface area (Å²) < 4.78 is 5.57. The highest BCUT2D eigenvalue weighted by Gasteiger charge is 2.29. The first-order valence-corrected chi connectivity index (χ1v) is 9.97. The zero-order valence-electron chi connectivity index (χ0n) is 16.4. The van der Waals surface area contributed by atoms with Crippen molar-refractivity contribution in [2.75, 3.05) is 26.2 Å². The second-order valence-electron chi connectivity index (χ2n) is 7.16. The van der Waals surface area contributed by atoms with Crippen LogP contribution in [0.2, 0.25) is 0 Å².